The second kappa shape index (κ2) is 14.3. The van der Waals surface area contributed by atoms with Crippen LogP contribution in [0.3, 0.4) is 0 Å². The third-order valence-corrected chi connectivity index (χ3v) is 8.35. The summed E-state index contributed by atoms with van der Waals surface area (Å²) in [6.07, 6.45) is -1.77. The normalized spacial score (nSPS) is 15.0. The molecule has 5 rings (SSSR count). The van der Waals surface area contributed by atoms with E-state index in [9.17, 15) is 18.0 Å². The minimum absolute atomic E-state index is 0.0890. The fourth-order valence-corrected chi connectivity index (χ4v) is 5.96. The van der Waals surface area contributed by atoms with Crippen molar-refractivity contribution in [1.29, 1.82) is 0 Å². The van der Waals surface area contributed by atoms with Crippen LogP contribution < -0.4 is 19.7 Å². The van der Waals surface area contributed by atoms with E-state index in [1.807, 2.05) is 49.4 Å². The number of amides is 2. The number of halogens is 3. The Bertz CT molecular complexity index is 1670. The Hall–Kier alpha value is -4.52. The molecule has 0 bridgehead atoms. The van der Waals surface area contributed by atoms with Crippen molar-refractivity contribution in [3.05, 3.63) is 84.2 Å². The molecule has 0 saturated carbocycles. The monoisotopic (exact) mass is 652 g/mol. The highest BCUT2D eigenvalue weighted by Crippen LogP contribution is 2.35. The Morgan fingerprint density at radius 2 is 1.76 bits per heavy atom. The Morgan fingerprint density at radius 3 is 2.43 bits per heavy atom. The molecule has 1 fully saturated rings. The van der Waals surface area contributed by atoms with Crippen LogP contribution in [0.1, 0.15) is 44.2 Å². The van der Waals surface area contributed by atoms with E-state index < -0.39 is 6.36 Å². The first-order chi connectivity index (χ1) is 22.0. The quantitative estimate of drug-likeness (QED) is 0.189. The number of aryl methyl sites for hydroxylation is 1. The van der Waals surface area contributed by atoms with E-state index in [1.165, 1.54) is 35.3 Å². The van der Waals surface area contributed by atoms with Gasteiger partial charge in [0.2, 0.25) is 0 Å². The third-order valence-electron chi connectivity index (χ3n) is 7.40. The third kappa shape index (κ3) is 8.39. The summed E-state index contributed by atoms with van der Waals surface area (Å²) in [5.41, 5.74) is 4.62. The molecule has 0 radical (unpaired) electrons. The van der Waals surface area contributed by atoms with E-state index in [0.29, 0.717) is 16.7 Å². The molecule has 1 unspecified atom stereocenters. The Balaban J connectivity index is 1.14. The number of thioether (sulfide) groups is 1. The van der Waals surface area contributed by atoms with E-state index in [-0.39, 0.29) is 23.7 Å². The number of aromatic nitrogens is 3. The first-order valence-corrected chi connectivity index (χ1v) is 15.8. The smallest absolute Gasteiger partial charge is 0.497 e. The number of hydrogen-bond acceptors (Lipinski definition) is 6. The zero-order valence-electron chi connectivity index (χ0n) is 25.9. The lowest BCUT2D eigenvalue weighted by Crippen LogP contribution is -2.33. The maximum Gasteiger partial charge on any atom is 0.573 e. The van der Waals surface area contributed by atoms with Gasteiger partial charge in [-0.15, -0.1) is 18.3 Å². The largest absolute Gasteiger partial charge is 0.573 e. The van der Waals surface area contributed by atoms with Crippen LogP contribution in [-0.4, -0.2) is 57.8 Å². The molecule has 1 N–H and O–H groups in total. The van der Waals surface area contributed by atoms with Gasteiger partial charge in [0.05, 0.1) is 12.8 Å². The van der Waals surface area contributed by atoms with E-state index in [2.05, 4.69) is 43.9 Å². The molecule has 9 nitrogen and oxygen atoms in total. The summed E-state index contributed by atoms with van der Waals surface area (Å²) in [5.74, 6) is 2.11. The molecule has 1 aromatic heterocycles. The van der Waals surface area contributed by atoms with Gasteiger partial charge in [0, 0.05) is 29.6 Å². The van der Waals surface area contributed by atoms with Crippen LogP contribution >= 0.6 is 11.8 Å². The van der Waals surface area contributed by atoms with Crippen LogP contribution in [0.15, 0.2) is 78.0 Å². The molecule has 2 heterocycles. The number of alkyl halides is 3. The molecule has 0 aliphatic carbocycles. The maximum absolute atomic E-state index is 12.9. The van der Waals surface area contributed by atoms with Gasteiger partial charge < -0.3 is 19.7 Å². The highest BCUT2D eigenvalue weighted by atomic mass is 32.2. The number of urea groups is 1. The van der Waals surface area contributed by atoms with Crippen LogP contribution in [-0.2, 0) is 6.42 Å². The number of anilines is 1. The van der Waals surface area contributed by atoms with Gasteiger partial charge in [-0.05, 0) is 79.3 Å². The number of aliphatic imine (C=N–C) groups is 1. The Kier molecular flexibility index (Phi) is 10.2. The first-order valence-electron chi connectivity index (χ1n) is 14.8. The lowest BCUT2D eigenvalue weighted by molar-refractivity contribution is -0.274. The Morgan fingerprint density at radius 1 is 1.04 bits per heavy atom. The van der Waals surface area contributed by atoms with Gasteiger partial charge in [0.25, 0.3) is 0 Å². The van der Waals surface area contributed by atoms with Crippen LogP contribution in [0.5, 0.6) is 11.5 Å². The molecule has 242 valence electrons. The fraction of sp³-hybridized carbons (Fsp3) is 0.333. The minimum Gasteiger partial charge on any atom is -0.497 e. The SMILES string of the molecule is COc1ccc(N2CCSC2=NC(=O)NC(C)CCc2ccc(-c3ncn(-c4ccc(OC(F)(F)F)cc4)n3)cc2)c(C(C)C)c1. The van der Waals surface area contributed by atoms with E-state index in [0.717, 1.165) is 53.3 Å². The van der Waals surface area contributed by atoms with Crippen molar-refractivity contribution in [1.82, 2.24) is 20.1 Å². The summed E-state index contributed by atoms with van der Waals surface area (Å²) in [6, 6.07) is 18.8. The first kappa shape index (κ1) is 32.9. The summed E-state index contributed by atoms with van der Waals surface area (Å²) in [5, 5.41) is 8.14. The van der Waals surface area contributed by atoms with Gasteiger partial charge in [-0.1, -0.05) is 49.9 Å². The van der Waals surface area contributed by atoms with Gasteiger partial charge in [-0.3, -0.25) is 0 Å². The molecule has 1 saturated heterocycles. The number of amidine groups is 1. The topological polar surface area (TPSA) is 93.9 Å². The summed E-state index contributed by atoms with van der Waals surface area (Å²) in [7, 11) is 1.66. The molecular weight excluding hydrogens is 617 g/mol. The number of ether oxygens (including phenoxy) is 2. The molecule has 1 aliphatic rings. The standard InChI is InChI=1S/C33H35F3N6O3S/c1-21(2)28-19-27(44-4)15-16-29(28)41-17-18-46-32(41)39-31(43)38-22(3)5-6-23-7-9-24(10-8-23)30-37-20-42(40-30)25-11-13-26(14-12-25)45-33(34,35)36/h7-16,19-22H,5-6,17-18H2,1-4H3,(H,38,43). The van der Waals surface area contributed by atoms with Crippen LogP contribution in [0.4, 0.5) is 23.7 Å². The number of benzene rings is 3. The summed E-state index contributed by atoms with van der Waals surface area (Å²) in [6.45, 7) is 7.01. The lowest BCUT2D eigenvalue weighted by Gasteiger charge is -2.23. The summed E-state index contributed by atoms with van der Waals surface area (Å²) >= 11 is 1.57. The number of rotatable bonds is 10. The molecule has 4 aromatic rings. The number of methoxy groups -OCH3 is 1. The van der Waals surface area contributed by atoms with Crippen molar-refractivity contribution >= 4 is 28.6 Å². The van der Waals surface area contributed by atoms with Crippen molar-refractivity contribution in [3.8, 4) is 28.6 Å². The summed E-state index contributed by atoms with van der Waals surface area (Å²) < 4.78 is 48.1. The maximum atomic E-state index is 12.9. The Labute approximate surface area is 269 Å². The predicted octanol–water partition coefficient (Wildman–Crippen LogP) is 7.61. The van der Waals surface area contributed by atoms with Crippen LogP contribution in [0, 0.1) is 0 Å². The van der Waals surface area contributed by atoms with E-state index in [4.69, 9.17) is 4.74 Å². The lowest BCUT2D eigenvalue weighted by atomic mass is 10.00. The van der Waals surface area contributed by atoms with Gasteiger partial charge in [-0.25, -0.2) is 14.5 Å². The zero-order valence-corrected chi connectivity index (χ0v) is 26.7. The van der Waals surface area contributed by atoms with Gasteiger partial charge in [-0.2, -0.15) is 4.99 Å². The average Bonchev–Trinajstić information content (AvgIpc) is 3.70. The number of carbonyl (C=O) groups is 1. The minimum atomic E-state index is -4.75. The molecular formula is C33H35F3N6O3S. The molecule has 1 atom stereocenters. The molecule has 46 heavy (non-hydrogen) atoms. The van der Waals surface area contributed by atoms with Crippen molar-refractivity contribution in [3.63, 3.8) is 0 Å². The predicted molar refractivity (Wildman–Crippen MR) is 174 cm³/mol. The number of carbonyl (C=O) groups excluding carboxylic acids is 1. The second-order valence-electron chi connectivity index (χ2n) is 11.1. The van der Waals surface area contributed by atoms with Crippen molar-refractivity contribution in [2.75, 3.05) is 24.3 Å². The molecule has 3 aromatic carbocycles. The van der Waals surface area contributed by atoms with Crippen LogP contribution in [0.25, 0.3) is 17.1 Å². The highest BCUT2D eigenvalue weighted by molar-refractivity contribution is 8.14. The number of hydrogen-bond donors (Lipinski definition) is 1. The molecule has 13 heteroatoms. The molecule has 1 aliphatic heterocycles. The van der Waals surface area contributed by atoms with Gasteiger partial charge in [0.1, 0.15) is 17.8 Å². The van der Waals surface area contributed by atoms with E-state index >= 15 is 0 Å². The van der Waals surface area contributed by atoms with Crippen molar-refractivity contribution in [2.24, 2.45) is 4.99 Å². The number of nitrogens with zero attached hydrogens (tertiary/aromatic N) is 5. The average molecular weight is 653 g/mol. The van der Waals surface area contributed by atoms with Crippen LogP contribution in [0.2, 0.25) is 0 Å². The second-order valence-corrected chi connectivity index (χ2v) is 12.2. The van der Waals surface area contributed by atoms with Crippen molar-refractivity contribution < 1.29 is 27.4 Å². The van der Waals surface area contributed by atoms with Gasteiger partial charge >= 0.3 is 12.4 Å². The van der Waals surface area contributed by atoms with Gasteiger partial charge in [0.15, 0.2) is 11.0 Å². The summed E-state index contributed by atoms with van der Waals surface area (Å²) in [4.78, 5) is 23.7. The van der Waals surface area contributed by atoms with E-state index in [1.54, 1.807) is 18.9 Å². The molecule has 0 spiro atoms. The zero-order chi connectivity index (χ0) is 32.8. The van der Waals surface area contributed by atoms with Crippen molar-refractivity contribution in [2.45, 2.75) is 51.9 Å². The highest BCUT2D eigenvalue weighted by Gasteiger charge is 2.31. The fourth-order valence-electron chi connectivity index (χ4n) is 5.01. The number of nitrogens with one attached hydrogen (secondary N) is 1. The molecule has 2 amide bonds.